The third kappa shape index (κ3) is 4.98. The summed E-state index contributed by atoms with van der Waals surface area (Å²) in [6, 6.07) is 28.3. The van der Waals surface area contributed by atoms with E-state index in [2.05, 4.69) is 23.7 Å². The van der Waals surface area contributed by atoms with Crippen LogP contribution in [0.25, 0.3) is 22.0 Å². The summed E-state index contributed by atoms with van der Waals surface area (Å²) in [5, 5.41) is 13.6. The van der Waals surface area contributed by atoms with Crippen LogP contribution in [-0.2, 0) is 13.1 Å². The van der Waals surface area contributed by atoms with Gasteiger partial charge in [0.2, 0.25) is 0 Å². The second-order valence-corrected chi connectivity index (χ2v) is 9.50. The lowest BCUT2D eigenvalue weighted by atomic mass is 9.95. The summed E-state index contributed by atoms with van der Waals surface area (Å²) in [4.78, 5) is 24.5. The summed E-state index contributed by atoms with van der Waals surface area (Å²) < 4.78 is 2.25. The number of hydrogen-bond donors (Lipinski definition) is 2. The van der Waals surface area contributed by atoms with E-state index in [9.17, 15) is 14.7 Å². The van der Waals surface area contributed by atoms with Crippen molar-refractivity contribution in [3.05, 3.63) is 125 Å². The number of benzene rings is 4. The normalized spacial score (nSPS) is 11.0. The Morgan fingerprint density at radius 1 is 0.868 bits per heavy atom. The fraction of sp³-hybridized carbons (Fsp3) is 0.125. The van der Waals surface area contributed by atoms with Crippen LogP contribution in [0, 0.1) is 13.8 Å². The largest absolute Gasteiger partial charge is 0.478 e. The highest BCUT2D eigenvalue weighted by Gasteiger charge is 2.15. The highest BCUT2D eigenvalue weighted by atomic mass is 16.4. The minimum atomic E-state index is -0.937. The molecule has 0 unspecified atom stereocenters. The van der Waals surface area contributed by atoms with E-state index in [1.807, 2.05) is 78.9 Å². The van der Waals surface area contributed by atoms with E-state index < -0.39 is 5.97 Å². The number of amides is 1. The van der Waals surface area contributed by atoms with Crippen molar-refractivity contribution in [2.45, 2.75) is 26.9 Å². The third-order valence-corrected chi connectivity index (χ3v) is 7.10. The molecule has 5 nitrogen and oxygen atoms in total. The molecule has 2 N–H and O–H groups in total. The Kier molecular flexibility index (Phi) is 6.88. The molecular weight excluding hydrogens is 471 g/mol. The summed E-state index contributed by atoms with van der Waals surface area (Å²) in [6.45, 7) is 5.27. The van der Waals surface area contributed by atoms with E-state index in [1.54, 1.807) is 12.1 Å². The summed E-state index contributed by atoms with van der Waals surface area (Å²) in [7, 11) is 5.74. The molecule has 5 rings (SSSR count). The fourth-order valence-electron chi connectivity index (χ4n) is 4.81. The van der Waals surface area contributed by atoms with E-state index in [0.29, 0.717) is 29.7 Å². The summed E-state index contributed by atoms with van der Waals surface area (Å²) in [5.74, 6) is -1.06. The van der Waals surface area contributed by atoms with Crippen LogP contribution >= 0.6 is 0 Å². The van der Waals surface area contributed by atoms with Gasteiger partial charge in [0.25, 0.3) is 5.91 Å². The molecule has 186 valence electrons. The number of carboxylic acids is 1. The predicted octanol–water partition coefficient (Wildman–Crippen LogP) is 5.40. The smallest absolute Gasteiger partial charge is 0.336 e. The Balaban J connectivity index is 1.37. The lowest BCUT2D eigenvalue weighted by molar-refractivity contribution is 0.0697. The molecular formula is C32H27BN2O3. The molecule has 4 aromatic carbocycles. The molecule has 38 heavy (non-hydrogen) atoms. The zero-order valence-electron chi connectivity index (χ0n) is 21.4. The number of aromatic nitrogens is 1. The van der Waals surface area contributed by atoms with Crippen molar-refractivity contribution < 1.29 is 14.7 Å². The van der Waals surface area contributed by atoms with Gasteiger partial charge in [-0.2, -0.15) is 0 Å². The predicted molar refractivity (Wildman–Crippen MR) is 152 cm³/mol. The van der Waals surface area contributed by atoms with Crippen molar-refractivity contribution in [1.29, 1.82) is 0 Å². The third-order valence-electron chi connectivity index (χ3n) is 7.10. The van der Waals surface area contributed by atoms with Gasteiger partial charge in [0.15, 0.2) is 0 Å². The second kappa shape index (κ2) is 10.4. The molecule has 5 aromatic rings. The zero-order valence-corrected chi connectivity index (χ0v) is 21.4. The van der Waals surface area contributed by atoms with E-state index in [4.69, 9.17) is 7.85 Å². The molecule has 2 radical (unpaired) electrons. The summed E-state index contributed by atoms with van der Waals surface area (Å²) >= 11 is 0. The van der Waals surface area contributed by atoms with Crippen molar-refractivity contribution in [2.24, 2.45) is 0 Å². The van der Waals surface area contributed by atoms with E-state index in [-0.39, 0.29) is 11.5 Å². The maximum Gasteiger partial charge on any atom is 0.336 e. The van der Waals surface area contributed by atoms with Crippen molar-refractivity contribution in [1.82, 2.24) is 9.88 Å². The number of aryl methyl sites for hydroxylation is 1. The topological polar surface area (TPSA) is 71.3 Å². The van der Waals surface area contributed by atoms with Crippen molar-refractivity contribution in [2.75, 3.05) is 0 Å². The molecule has 0 saturated heterocycles. The zero-order chi connectivity index (χ0) is 26.8. The van der Waals surface area contributed by atoms with Crippen LogP contribution in [0.4, 0.5) is 0 Å². The van der Waals surface area contributed by atoms with E-state index in [1.165, 1.54) is 0 Å². The first kappa shape index (κ1) is 25.1. The number of carboxylic acid groups (broad SMARTS) is 1. The van der Waals surface area contributed by atoms with Crippen molar-refractivity contribution in [3.63, 3.8) is 0 Å². The molecule has 6 heteroatoms. The van der Waals surface area contributed by atoms with E-state index >= 15 is 0 Å². The molecule has 0 saturated carbocycles. The van der Waals surface area contributed by atoms with Gasteiger partial charge in [0.1, 0.15) is 7.85 Å². The van der Waals surface area contributed by atoms with Gasteiger partial charge in [-0.1, -0.05) is 72.2 Å². The first-order valence-electron chi connectivity index (χ1n) is 12.5. The second-order valence-electron chi connectivity index (χ2n) is 9.50. The quantitative estimate of drug-likeness (QED) is 0.296. The minimum Gasteiger partial charge on any atom is -0.478 e. The number of fused-ring (bicyclic) bond motifs is 1. The summed E-state index contributed by atoms with van der Waals surface area (Å²) in [5.41, 5.74) is 8.61. The first-order valence-corrected chi connectivity index (χ1v) is 12.5. The SMILES string of the molecule is [B]c1ccc(CNC(=O)c2ccc3c(c2)c(C)c(C)n3Cc2ccc(-c3ccccc3C(=O)O)cc2)cc1. The number of carbonyl (C=O) groups is 2. The van der Waals surface area contributed by atoms with Gasteiger partial charge in [-0.15, -0.1) is 0 Å². The van der Waals surface area contributed by atoms with Gasteiger partial charge in [-0.25, -0.2) is 4.79 Å². The van der Waals surface area contributed by atoms with Gasteiger partial charge < -0.3 is 15.0 Å². The molecule has 0 spiro atoms. The monoisotopic (exact) mass is 498 g/mol. The molecule has 1 amide bonds. The van der Waals surface area contributed by atoms with Crippen LogP contribution in [0.1, 0.15) is 43.1 Å². The lowest BCUT2D eigenvalue weighted by Crippen LogP contribution is -2.23. The average molecular weight is 498 g/mol. The van der Waals surface area contributed by atoms with Crippen molar-refractivity contribution >= 4 is 36.1 Å². The maximum absolute atomic E-state index is 12.9. The molecule has 0 fully saturated rings. The molecule has 1 heterocycles. The van der Waals surface area contributed by atoms with Crippen LogP contribution in [0.15, 0.2) is 91.0 Å². The molecule has 0 aliphatic carbocycles. The first-order chi connectivity index (χ1) is 18.3. The Labute approximate surface area is 223 Å². The Morgan fingerprint density at radius 3 is 2.26 bits per heavy atom. The number of carbonyl (C=O) groups excluding carboxylic acids is 1. The maximum atomic E-state index is 12.9. The molecule has 0 aliphatic rings. The summed E-state index contributed by atoms with van der Waals surface area (Å²) in [6.07, 6.45) is 0. The van der Waals surface area contributed by atoms with Gasteiger partial charge >= 0.3 is 5.97 Å². The standard InChI is InChI=1S/C32H27BN2O3/c1-20-21(2)35(19-23-7-11-24(12-8-23)27-5-3-4-6-28(27)32(37)38)30-16-13-25(17-29(20)30)31(36)34-18-22-9-14-26(33)15-10-22/h3-17H,18-19H2,1-2H3,(H,34,36)(H,37,38). The minimum absolute atomic E-state index is 0.120. The van der Waals surface area contributed by atoms with Crippen LogP contribution in [0.2, 0.25) is 0 Å². The Hall–Kier alpha value is -4.58. The number of aromatic carboxylic acids is 1. The molecule has 0 atom stereocenters. The average Bonchev–Trinajstić information content (AvgIpc) is 3.17. The van der Waals surface area contributed by atoms with Gasteiger partial charge in [0.05, 0.1) is 5.56 Å². The highest BCUT2D eigenvalue weighted by molar-refractivity contribution is 6.32. The van der Waals surface area contributed by atoms with Crippen LogP contribution in [-0.4, -0.2) is 29.4 Å². The van der Waals surface area contributed by atoms with Crippen LogP contribution in [0.5, 0.6) is 0 Å². The molecule has 1 aromatic heterocycles. The highest BCUT2D eigenvalue weighted by Crippen LogP contribution is 2.29. The van der Waals surface area contributed by atoms with Crippen LogP contribution < -0.4 is 10.8 Å². The number of nitrogens with zero attached hydrogens (tertiary/aromatic N) is 1. The number of nitrogens with one attached hydrogen (secondary N) is 1. The molecule has 0 bridgehead atoms. The number of rotatable bonds is 7. The Morgan fingerprint density at radius 2 is 1.55 bits per heavy atom. The lowest BCUT2D eigenvalue weighted by Gasteiger charge is -2.11. The van der Waals surface area contributed by atoms with E-state index in [0.717, 1.165) is 38.9 Å². The number of hydrogen-bond acceptors (Lipinski definition) is 2. The fourth-order valence-corrected chi connectivity index (χ4v) is 4.81. The van der Waals surface area contributed by atoms with Crippen LogP contribution in [0.3, 0.4) is 0 Å². The molecule has 0 aliphatic heterocycles. The van der Waals surface area contributed by atoms with Gasteiger partial charge in [-0.3, -0.25) is 4.79 Å². The Bertz CT molecular complexity index is 1650. The van der Waals surface area contributed by atoms with Gasteiger partial charge in [0, 0.05) is 35.2 Å². The van der Waals surface area contributed by atoms with Gasteiger partial charge in [-0.05, 0) is 65.9 Å². The van der Waals surface area contributed by atoms with Crippen molar-refractivity contribution in [3.8, 4) is 11.1 Å².